The van der Waals surface area contributed by atoms with Gasteiger partial charge in [-0.05, 0) is 43.5 Å². The van der Waals surface area contributed by atoms with E-state index in [0.717, 1.165) is 54.1 Å². The van der Waals surface area contributed by atoms with Gasteiger partial charge in [0, 0.05) is 29.9 Å². The third kappa shape index (κ3) is 4.33. The first-order valence-electron chi connectivity index (χ1n) is 9.54. The summed E-state index contributed by atoms with van der Waals surface area (Å²) in [6, 6.07) is 11.7. The highest BCUT2D eigenvalue weighted by molar-refractivity contribution is 6.30. The number of hydrogen-bond donors (Lipinski definition) is 0. The summed E-state index contributed by atoms with van der Waals surface area (Å²) in [4.78, 5) is 19.8. The van der Waals surface area contributed by atoms with E-state index >= 15 is 0 Å². The van der Waals surface area contributed by atoms with Gasteiger partial charge in [-0.15, -0.1) is 0 Å². The first-order valence-corrected chi connectivity index (χ1v) is 9.92. The quantitative estimate of drug-likeness (QED) is 0.565. The molecule has 142 valence electrons. The number of carbonyl (C=O) groups is 1. The number of fused-ring (bicyclic) bond motifs is 1. The zero-order valence-corrected chi connectivity index (χ0v) is 17.0. The number of pyridine rings is 1. The molecule has 0 N–H and O–H groups in total. The standard InChI is InChI=1S/C22H26ClN3O/c1-4-12-25(13-5-2)21(27)14-19-22(17-7-9-18(23)10-8-17)24-20-11-6-16(3)15-26(19)20/h6-11,15H,4-5,12-14H2,1-3H3. The molecule has 1 amide bonds. The molecule has 27 heavy (non-hydrogen) atoms. The smallest absolute Gasteiger partial charge is 0.228 e. The Balaban J connectivity index is 2.06. The van der Waals surface area contributed by atoms with Gasteiger partial charge < -0.3 is 9.30 Å². The molecule has 0 atom stereocenters. The summed E-state index contributed by atoms with van der Waals surface area (Å²) in [6.07, 6.45) is 4.31. The molecular weight excluding hydrogens is 358 g/mol. The number of amides is 1. The minimum absolute atomic E-state index is 0.150. The van der Waals surface area contributed by atoms with Crippen molar-refractivity contribution >= 4 is 23.2 Å². The lowest BCUT2D eigenvalue weighted by atomic mass is 10.1. The highest BCUT2D eigenvalue weighted by Crippen LogP contribution is 2.27. The molecule has 4 nitrogen and oxygen atoms in total. The molecule has 0 saturated carbocycles. The fourth-order valence-electron chi connectivity index (χ4n) is 3.36. The van der Waals surface area contributed by atoms with Crippen LogP contribution in [-0.2, 0) is 11.2 Å². The average molecular weight is 384 g/mol. The van der Waals surface area contributed by atoms with Crippen molar-refractivity contribution in [3.05, 3.63) is 58.9 Å². The van der Waals surface area contributed by atoms with Crippen molar-refractivity contribution in [2.75, 3.05) is 13.1 Å². The Morgan fingerprint density at radius 1 is 1.07 bits per heavy atom. The number of hydrogen-bond acceptors (Lipinski definition) is 2. The van der Waals surface area contributed by atoms with Gasteiger partial charge in [-0.2, -0.15) is 0 Å². The van der Waals surface area contributed by atoms with Gasteiger partial charge >= 0.3 is 0 Å². The Labute approximate surface area is 165 Å². The van der Waals surface area contributed by atoms with E-state index in [0.29, 0.717) is 11.4 Å². The molecule has 5 heteroatoms. The van der Waals surface area contributed by atoms with Crippen LogP contribution in [0.5, 0.6) is 0 Å². The van der Waals surface area contributed by atoms with Crippen LogP contribution < -0.4 is 0 Å². The van der Waals surface area contributed by atoms with Crippen LogP contribution in [-0.4, -0.2) is 33.3 Å². The van der Waals surface area contributed by atoms with Crippen molar-refractivity contribution < 1.29 is 4.79 Å². The van der Waals surface area contributed by atoms with Crippen molar-refractivity contribution in [3.63, 3.8) is 0 Å². The largest absolute Gasteiger partial charge is 0.342 e. The van der Waals surface area contributed by atoms with Crippen LogP contribution in [0.25, 0.3) is 16.9 Å². The van der Waals surface area contributed by atoms with Crippen molar-refractivity contribution in [2.45, 2.75) is 40.0 Å². The molecule has 0 bridgehead atoms. The number of aromatic nitrogens is 2. The summed E-state index contributed by atoms with van der Waals surface area (Å²) >= 11 is 6.05. The summed E-state index contributed by atoms with van der Waals surface area (Å²) in [6.45, 7) is 7.84. The van der Waals surface area contributed by atoms with Crippen LogP contribution >= 0.6 is 11.6 Å². The van der Waals surface area contributed by atoms with Crippen LogP contribution in [0.2, 0.25) is 5.02 Å². The molecule has 3 rings (SSSR count). The number of rotatable bonds is 7. The van der Waals surface area contributed by atoms with Gasteiger partial charge in [-0.3, -0.25) is 4.79 Å². The Morgan fingerprint density at radius 3 is 2.37 bits per heavy atom. The number of aryl methyl sites for hydroxylation is 1. The predicted octanol–water partition coefficient (Wildman–Crippen LogP) is 5.15. The number of halogens is 1. The molecule has 2 aromatic heterocycles. The van der Waals surface area contributed by atoms with Gasteiger partial charge in [0.25, 0.3) is 0 Å². The fourth-order valence-corrected chi connectivity index (χ4v) is 3.49. The third-order valence-corrected chi connectivity index (χ3v) is 4.89. The van der Waals surface area contributed by atoms with Crippen LogP contribution in [0.4, 0.5) is 0 Å². The van der Waals surface area contributed by atoms with E-state index in [2.05, 4.69) is 13.8 Å². The molecule has 0 aliphatic rings. The lowest BCUT2D eigenvalue weighted by molar-refractivity contribution is -0.130. The van der Waals surface area contributed by atoms with E-state index in [9.17, 15) is 4.79 Å². The molecule has 3 aromatic rings. The maximum absolute atomic E-state index is 13.0. The van der Waals surface area contributed by atoms with Crippen LogP contribution in [0, 0.1) is 6.92 Å². The fraction of sp³-hybridized carbons (Fsp3) is 0.364. The maximum Gasteiger partial charge on any atom is 0.228 e. The Kier molecular flexibility index (Phi) is 6.17. The van der Waals surface area contributed by atoms with Crippen molar-refractivity contribution in [1.29, 1.82) is 0 Å². The molecule has 0 spiro atoms. The molecule has 0 fully saturated rings. The van der Waals surface area contributed by atoms with E-state index in [1.807, 2.05) is 58.8 Å². The van der Waals surface area contributed by atoms with E-state index < -0.39 is 0 Å². The molecule has 2 heterocycles. The molecule has 0 saturated heterocycles. The number of imidazole rings is 1. The minimum atomic E-state index is 0.150. The summed E-state index contributed by atoms with van der Waals surface area (Å²) < 4.78 is 2.05. The number of nitrogens with zero attached hydrogens (tertiary/aromatic N) is 3. The van der Waals surface area contributed by atoms with E-state index in [4.69, 9.17) is 16.6 Å². The van der Waals surface area contributed by atoms with E-state index in [-0.39, 0.29) is 5.91 Å². The van der Waals surface area contributed by atoms with Crippen LogP contribution in [0.3, 0.4) is 0 Å². The summed E-state index contributed by atoms with van der Waals surface area (Å²) in [5, 5.41) is 0.688. The molecule has 0 aliphatic carbocycles. The van der Waals surface area contributed by atoms with Gasteiger partial charge in [0.05, 0.1) is 17.8 Å². The Hall–Kier alpha value is -2.33. The monoisotopic (exact) mass is 383 g/mol. The van der Waals surface area contributed by atoms with Crippen molar-refractivity contribution in [1.82, 2.24) is 14.3 Å². The van der Waals surface area contributed by atoms with Gasteiger partial charge in [0.2, 0.25) is 5.91 Å². The van der Waals surface area contributed by atoms with Crippen LogP contribution in [0.15, 0.2) is 42.6 Å². The second-order valence-electron chi connectivity index (χ2n) is 6.91. The van der Waals surface area contributed by atoms with Gasteiger partial charge in [-0.1, -0.05) is 43.6 Å². The van der Waals surface area contributed by atoms with Crippen molar-refractivity contribution in [3.8, 4) is 11.3 Å². The SMILES string of the molecule is CCCN(CCC)C(=O)Cc1c(-c2ccc(Cl)cc2)nc2ccc(C)cn12. The maximum atomic E-state index is 13.0. The zero-order valence-electron chi connectivity index (χ0n) is 16.2. The average Bonchev–Trinajstić information content (AvgIpc) is 3.00. The second-order valence-corrected chi connectivity index (χ2v) is 7.34. The first-order chi connectivity index (χ1) is 13.0. The zero-order chi connectivity index (χ0) is 19.4. The summed E-state index contributed by atoms with van der Waals surface area (Å²) in [7, 11) is 0. The number of benzene rings is 1. The normalized spacial score (nSPS) is 11.1. The van der Waals surface area contributed by atoms with Gasteiger partial charge in [0.1, 0.15) is 5.65 Å². The molecule has 0 unspecified atom stereocenters. The molecule has 0 aliphatic heterocycles. The van der Waals surface area contributed by atoms with E-state index in [1.165, 1.54) is 0 Å². The number of carbonyl (C=O) groups excluding carboxylic acids is 1. The molecule has 1 aromatic carbocycles. The minimum Gasteiger partial charge on any atom is -0.342 e. The highest BCUT2D eigenvalue weighted by atomic mass is 35.5. The second kappa shape index (κ2) is 8.57. The molecular formula is C22H26ClN3O. The first kappa shape index (κ1) is 19.4. The van der Waals surface area contributed by atoms with Gasteiger partial charge in [0.15, 0.2) is 0 Å². The third-order valence-electron chi connectivity index (χ3n) is 4.64. The lowest BCUT2D eigenvalue weighted by Crippen LogP contribution is -2.34. The topological polar surface area (TPSA) is 37.6 Å². The highest BCUT2D eigenvalue weighted by Gasteiger charge is 2.20. The lowest BCUT2D eigenvalue weighted by Gasteiger charge is -2.21. The van der Waals surface area contributed by atoms with Crippen molar-refractivity contribution in [2.24, 2.45) is 0 Å². The predicted molar refractivity (Wildman–Crippen MR) is 111 cm³/mol. The van der Waals surface area contributed by atoms with Gasteiger partial charge in [-0.25, -0.2) is 4.98 Å². The Bertz CT molecular complexity index is 925. The van der Waals surface area contributed by atoms with Crippen LogP contribution in [0.1, 0.15) is 37.9 Å². The Morgan fingerprint density at radius 2 is 1.74 bits per heavy atom. The van der Waals surface area contributed by atoms with E-state index in [1.54, 1.807) is 0 Å². The molecule has 0 radical (unpaired) electrons. The summed E-state index contributed by atoms with van der Waals surface area (Å²) in [5.41, 5.74) is 4.74. The summed E-state index contributed by atoms with van der Waals surface area (Å²) in [5.74, 6) is 0.150.